The first-order valence-electron chi connectivity index (χ1n) is 6.49. The van der Waals surface area contributed by atoms with E-state index >= 15 is 0 Å². The Morgan fingerprint density at radius 1 is 1.15 bits per heavy atom. The number of aliphatic hydroxyl groups excluding tert-OH is 1. The van der Waals surface area contributed by atoms with Crippen molar-refractivity contribution in [2.45, 2.75) is 12.8 Å². The third-order valence-electron chi connectivity index (χ3n) is 3.14. The number of pyridine rings is 1. The fraction of sp³-hybridized carbons (Fsp3) is 0.200. The lowest BCUT2D eigenvalue weighted by molar-refractivity contribution is 0.287. The van der Waals surface area contributed by atoms with Crippen molar-refractivity contribution in [2.75, 3.05) is 6.61 Å². The van der Waals surface area contributed by atoms with Crippen LogP contribution in [0.25, 0.3) is 16.9 Å². The molecule has 2 aromatic heterocycles. The van der Waals surface area contributed by atoms with Crippen LogP contribution in [-0.4, -0.2) is 26.2 Å². The molecular weight excluding hydrogens is 257 g/mol. The number of imidazole rings is 1. The Morgan fingerprint density at radius 3 is 2.80 bits per heavy atom. The van der Waals surface area contributed by atoms with E-state index in [-0.39, 0.29) is 12.4 Å². The SMILES string of the molecule is OCCCc1nc2cccnc2n1-c1ccccc1F. The van der Waals surface area contributed by atoms with Crippen LogP contribution in [0.2, 0.25) is 0 Å². The van der Waals surface area contributed by atoms with Crippen LogP contribution in [0.3, 0.4) is 0 Å². The van der Waals surface area contributed by atoms with Gasteiger partial charge in [-0.25, -0.2) is 14.4 Å². The number of hydrogen-bond acceptors (Lipinski definition) is 3. The molecule has 3 aromatic rings. The molecule has 0 radical (unpaired) electrons. The van der Waals surface area contributed by atoms with E-state index in [1.807, 2.05) is 6.07 Å². The molecule has 0 fully saturated rings. The number of aliphatic hydroxyl groups is 1. The Balaban J connectivity index is 2.23. The minimum Gasteiger partial charge on any atom is -0.396 e. The van der Waals surface area contributed by atoms with Crippen molar-refractivity contribution in [1.82, 2.24) is 14.5 Å². The van der Waals surface area contributed by atoms with Gasteiger partial charge in [0.1, 0.15) is 17.2 Å². The van der Waals surface area contributed by atoms with E-state index in [1.165, 1.54) is 6.07 Å². The average molecular weight is 271 g/mol. The molecular formula is C15H14FN3O. The van der Waals surface area contributed by atoms with E-state index < -0.39 is 0 Å². The predicted molar refractivity (Wildman–Crippen MR) is 74.2 cm³/mol. The number of aryl methyl sites for hydroxylation is 1. The molecule has 1 N–H and O–H groups in total. The Bertz CT molecular complexity index is 739. The molecule has 0 saturated heterocycles. The first kappa shape index (κ1) is 12.7. The number of hydrogen-bond donors (Lipinski definition) is 1. The van der Waals surface area contributed by atoms with Gasteiger partial charge >= 0.3 is 0 Å². The van der Waals surface area contributed by atoms with Gasteiger partial charge in [0.25, 0.3) is 0 Å². The van der Waals surface area contributed by atoms with Gasteiger partial charge < -0.3 is 5.11 Å². The lowest BCUT2D eigenvalue weighted by Crippen LogP contribution is -2.05. The highest BCUT2D eigenvalue weighted by Gasteiger charge is 2.15. The van der Waals surface area contributed by atoms with Gasteiger partial charge in [-0.2, -0.15) is 0 Å². The zero-order valence-corrected chi connectivity index (χ0v) is 10.8. The highest BCUT2D eigenvalue weighted by Crippen LogP contribution is 2.22. The Kier molecular flexibility index (Phi) is 3.43. The molecule has 0 aliphatic carbocycles. The summed E-state index contributed by atoms with van der Waals surface area (Å²) in [5, 5.41) is 8.99. The molecule has 0 saturated carbocycles. The van der Waals surface area contributed by atoms with Crippen molar-refractivity contribution in [3.05, 3.63) is 54.2 Å². The maximum absolute atomic E-state index is 14.1. The highest BCUT2D eigenvalue weighted by atomic mass is 19.1. The molecule has 0 atom stereocenters. The normalized spacial score (nSPS) is 11.1. The molecule has 0 unspecified atom stereocenters. The van der Waals surface area contributed by atoms with E-state index in [4.69, 9.17) is 5.11 Å². The van der Waals surface area contributed by atoms with Gasteiger partial charge in [0, 0.05) is 19.2 Å². The molecule has 0 spiro atoms. The monoisotopic (exact) mass is 271 g/mol. The first-order valence-corrected chi connectivity index (χ1v) is 6.49. The van der Waals surface area contributed by atoms with Crippen molar-refractivity contribution in [3.63, 3.8) is 0 Å². The van der Waals surface area contributed by atoms with Gasteiger partial charge in [0.15, 0.2) is 5.65 Å². The predicted octanol–water partition coefficient (Wildman–Crippen LogP) is 2.48. The number of halogens is 1. The van der Waals surface area contributed by atoms with Crippen molar-refractivity contribution in [3.8, 4) is 5.69 Å². The standard InChI is InChI=1S/C15H14FN3O/c16-11-5-1-2-7-13(11)19-14(8-4-10-20)18-12-6-3-9-17-15(12)19/h1-3,5-7,9,20H,4,8,10H2. The molecule has 3 rings (SSSR count). The largest absolute Gasteiger partial charge is 0.396 e. The van der Waals surface area contributed by atoms with Crippen LogP contribution in [-0.2, 0) is 6.42 Å². The number of fused-ring (bicyclic) bond motifs is 1. The average Bonchev–Trinajstić information content (AvgIpc) is 2.84. The number of benzene rings is 1. The second-order valence-corrected chi connectivity index (χ2v) is 4.49. The smallest absolute Gasteiger partial charge is 0.164 e. The third-order valence-corrected chi connectivity index (χ3v) is 3.14. The summed E-state index contributed by atoms with van der Waals surface area (Å²) in [6, 6.07) is 10.2. The van der Waals surface area contributed by atoms with Crippen LogP contribution in [0.1, 0.15) is 12.2 Å². The summed E-state index contributed by atoms with van der Waals surface area (Å²) in [5.74, 6) is 0.389. The van der Waals surface area contributed by atoms with E-state index in [0.29, 0.717) is 30.0 Å². The van der Waals surface area contributed by atoms with Crippen LogP contribution >= 0.6 is 0 Å². The maximum Gasteiger partial charge on any atom is 0.164 e. The molecule has 0 aliphatic heterocycles. The second kappa shape index (κ2) is 5.38. The number of rotatable bonds is 4. The van der Waals surface area contributed by atoms with Crippen LogP contribution < -0.4 is 0 Å². The lowest BCUT2D eigenvalue weighted by atomic mass is 10.2. The lowest BCUT2D eigenvalue weighted by Gasteiger charge is -2.09. The number of nitrogens with zero attached hydrogens (tertiary/aromatic N) is 3. The minimum atomic E-state index is -0.317. The van der Waals surface area contributed by atoms with Crippen molar-refractivity contribution in [1.29, 1.82) is 0 Å². The van der Waals surface area contributed by atoms with Crippen LogP contribution in [0, 0.1) is 5.82 Å². The topological polar surface area (TPSA) is 50.9 Å². The summed E-state index contributed by atoms with van der Waals surface area (Å²) in [7, 11) is 0. The zero-order valence-electron chi connectivity index (χ0n) is 10.8. The molecule has 1 aromatic carbocycles. The third kappa shape index (κ3) is 2.16. The fourth-order valence-corrected chi connectivity index (χ4v) is 2.25. The molecule has 0 bridgehead atoms. The van der Waals surface area contributed by atoms with Crippen molar-refractivity contribution >= 4 is 11.2 Å². The molecule has 0 aliphatic rings. The minimum absolute atomic E-state index is 0.0773. The van der Waals surface area contributed by atoms with E-state index in [2.05, 4.69) is 9.97 Å². The second-order valence-electron chi connectivity index (χ2n) is 4.49. The molecule has 4 nitrogen and oxygen atoms in total. The number of para-hydroxylation sites is 1. The molecule has 0 amide bonds. The number of aromatic nitrogens is 3. The van der Waals surface area contributed by atoms with Crippen molar-refractivity contribution in [2.24, 2.45) is 0 Å². The summed E-state index contributed by atoms with van der Waals surface area (Å²) < 4.78 is 15.8. The molecule has 102 valence electrons. The van der Waals surface area contributed by atoms with Crippen LogP contribution in [0.4, 0.5) is 4.39 Å². The fourth-order valence-electron chi connectivity index (χ4n) is 2.25. The van der Waals surface area contributed by atoms with Crippen molar-refractivity contribution < 1.29 is 9.50 Å². The summed E-state index contributed by atoms with van der Waals surface area (Å²) in [5.41, 5.74) is 1.79. The Morgan fingerprint density at radius 2 is 2.00 bits per heavy atom. The Hall–Kier alpha value is -2.27. The van der Waals surface area contributed by atoms with Gasteiger partial charge in [-0.1, -0.05) is 12.1 Å². The summed E-state index contributed by atoms with van der Waals surface area (Å²) in [6.45, 7) is 0.0773. The first-order chi connectivity index (χ1) is 9.81. The maximum atomic E-state index is 14.1. The van der Waals surface area contributed by atoms with Crippen LogP contribution in [0.5, 0.6) is 0 Å². The molecule has 2 heterocycles. The summed E-state index contributed by atoms with van der Waals surface area (Å²) in [6.07, 6.45) is 2.82. The molecule has 5 heteroatoms. The van der Waals surface area contributed by atoms with Gasteiger partial charge in [0.05, 0.1) is 5.69 Å². The summed E-state index contributed by atoms with van der Waals surface area (Å²) in [4.78, 5) is 8.79. The highest BCUT2D eigenvalue weighted by molar-refractivity contribution is 5.73. The van der Waals surface area contributed by atoms with Crippen LogP contribution in [0.15, 0.2) is 42.6 Å². The van der Waals surface area contributed by atoms with Gasteiger partial charge in [-0.3, -0.25) is 4.57 Å². The van der Waals surface area contributed by atoms with Gasteiger partial charge in [-0.05, 0) is 30.7 Å². The zero-order chi connectivity index (χ0) is 13.9. The quantitative estimate of drug-likeness (QED) is 0.793. The molecule has 20 heavy (non-hydrogen) atoms. The van der Waals surface area contributed by atoms with Gasteiger partial charge in [0.2, 0.25) is 0 Å². The summed E-state index contributed by atoms with van der Waals surface area (Å²) >= 11 is 0. The van der Waals surface area contributed by atoms with E-state index in [9.17, 15) is 4.39 Å². The van der Waals surface area contributed by atoms with E-state index in [0.717, 1.165) is 5.52 Å². The van der Waals surface area contributed by atoms with Gasteiger partial charge in [-0.15, -0.1) is 0 Å². The Labute approximate surface area is 115 Å². The van der Waals surface area contributed by atoms with E-state index in [1.54, 1.807) is 35.0 Å².